The first-order valence-electron chi connectivity index (χ1n) is 4.63. The molecular weight excluding hydrogens is 194 g/mol. The summed E-state index contributed by atoms with van der Waals surface area (Å²) in [7, 11) is 0. The number of hydrogen-bond donors (Lipinski definition) is 1. The van der Waals surface area contributed by atoms with Gasteiger partial charge in [0.2, 0.25) is 0 Å². The number of oxime groups is 1. The number of aliphatic carboxylic acids is 1. The Balaban J connectivity index is 2.38. The first kappa shape index (κ1) is 11.2. The molecule has 0 bridgehead atoms. The van der Waals surface area contributed by atoms with E-state index in [0.29, 0.717) is 0 Å². The van der Waals surface area contributed by atoms with E-state index in [-0.39, 0.29) is 13.0 Å². The molecule has 0 fully saturated rings. The SMILES string of the molecule is Cc1ccccc1/C=N/OCCC(=O)O. The van der Waals surface area contributed by atoms with Crippen molar-refractivity contribution in [3.8, 4) is 0 Å². The molecule has 0 amide bonds. The van der Waals surface area contributed by atoms with E-state index in [1.54, 1.807) is 6.21 Å². The molecule has 1 N–H and O–H groups in total. The second-order valence-electron chi connectivity index (χ2n) is 3.07. The van der Waals surface area contributed by atoms with Gasteiger partial charge in [0.05, 0.1) is 12.6 Å². The fourth-order valence-electron chi connectivity index (χ4n) is 1.01. The fraction of sp³-hybridized carbons (Fsp3) is 0.273. The van der Waals surface area contributed by atoms with Crippen LogP contribution in [0.15, 0.2) is 29.4 Å². The zero-order valence-electron chi connectivity index (χ0n) is 8.51. The van der Waals surface area contributed by atoms with Crippen LogP contribution in [0.25, 0.3) is 0 Å². The second-order valence-corrected chi connectivity index (χ2v) is 3.07. The van der Waals surface area contributed by atoms with Crippen molar-refractivity contribution in [3.63, 3.8) is 0 Å². The van der Waals surface area contributed by atoms with Crippen molar-refractivity contribution in [1.29, 1.82) is 0 Å². The highest BCUT2D eigenvalue weighted by Gasteiger charge is 1.95. The van der Waals surface area contributed by atoms with Crippen molar-refractivity contribution in [1.82, 2.24) is 0 Å². The molecule has 4 heteroatoms. The van der Waals surface area contributed by atoms with Crippen LogP contribution in [-0.2, 0) is 9.63 Å². The summed E-state index contributed by atoms with van der Waals surface area (Å²) in [5.41, 5.74) is 2.07. The summed E-state index contributed by atoms with van der Waals surface area (Å²) >= 11 is 0. The molecule has 0 aromatic heterocycles. The Morgan fingerprint density at radius 3 is 2.93 bits per heavy atom. The van der Waals surface area contributed by atoms with Gasteiger partial charge < -0.3 is 9.94 Å². The zero-order chi connectivity index (χ0) is 11.1. The number of carboxylic acid groups (broad SMARTS) is 1. The smallest absolute Gasteiger partial charge is 0.306 e. The summed E-state index contributed by atoms with van der Waals surface area (Å²) in [5.74, 6) is -0.888. The topological polar surface area (TPSA) is 58.9 Å². The van der Waals surface area contributed by atoms with Gasteiger partial charge in [-0.25, -0.2) is 0 Å². The molecule has 15 heavy (non-hydrogen) atoms. The monoisotopic (exact) mass is 207 g/mol. The van der Waals surface area contributed by atoms with Crippen molar-refractivity contribution >= 4 is 12.2 Å². The maximum Gasteiger partial charge on any atom is 0.306 e. The minimum Gasteiger partial charge on any atom is -0.481 e. The van der Waals surface area contributed by atoms with E-state index >= 15 is 0 Å². The highest BCUT2D eigenvalue weighted by atomic mass is 16.6. The van der Waals surface area contributed by atoms with Gasteiger partial charge in [0.1, 0.15) is 6.61 Å². The molecule has 0 aliphatic heterocycles. The zero-order valence-corrected chi connectivity index (χ0v) is 8.51. The molecule has 0 radical (unpaired) electrons. The molecule has 1 rings (SSSR count). The largest absolute Gasteiger partial charge is 0.481 e. The summed E-state index contributed by atoms with van der Waals surface area (Å²) in [6.45, 7) is 2.07. The van der Waals surface area contributed by atoms with E-state index in [9.17, 15) is 4.79 Å². The summed E-state index contributed by atoms with van der Waals surface area (Å²) in [5, 5.41) is 12.0. The van der Waals surface area contributed by atoms with Gasteiger partial charge in [0.25, 0.3) is 0 Å². The Labute approximate surface area is 88.2 Å². The fourth-order valence-corrected chi connectivity index (χ4v) is 1.01. The number of nitrogens with zero attached hydrogens (tertiary/aromatic N) is 1. The minimum atomic E-state index is -0.888. The van der Waals surface area contributed by atoms with E-state index in [0.717, 1.165) is 11.1 Å². The summed E-state index contributed by atoms with van der Waals surface area (Å²) in [6.07, 6.45) is 1.54. The molecule has 0 aliphatic rings. The normalized spacial score (nSPS) is 10.5. The van der Waals surface area contributed by atoms with E-state index in [4.69, 9.17) is 9.94 Å². The molecule has 1 aromatic carbocycles. The summed E-state index contributed by atoms with van der Waals surface area (Å²) < 4.78 is 0. The molecule has 0 heterocycles. The standard InChI is InChI=1S/C11H13NO3/c1-9-4-2-3-5-10(9)8-12-15-7-6-11(13)14/h2-5,8H,6-7H2,1H3,(H,13,14)/b12-8+. The Morgan fingerprint density at radius 1 is 1.53 bits per heavy atom. The van der Waals surface area contributed by atoms with Gasteiger partial charge in [-0.2, -0.15) is 0 Å². The Hall–Kier alpha value is -1.84. The summed E-state index contributed by atoms with van der Waals surface area (Å²) in [4.78, 5) is 14.9. The van der Waals surface area contributed by atoms with Crippen LogP contribution in [0.1, 0.15) is 17.5 Å². The van der Waals surface area contributed by atoms with E-state index in [2.05, 4.69) is 5.16 Å². The maximum atomic E-state index is 10.2. The molecule has 0 saturated heterocycles. The van der Waals surface area contributed by atoms with Gasteiger partial charge in [-0.3, -0.25) is 4.79 Å². The predicted octanol–water partition coefficient (Wildman–Crippen LogP) is 1.82. The molecule has 4 nitrogen and oxygen atoms in total. The first-order chi connectivity index (χ1) is 7.20. The van der Waals surface area contributed by atoms with Gasteiger partial charge in [-0.15, -0.1) is 0 Å². The van der Waals surface area contributed by atoms with Crippen LogP contribution < -0.4 is 0 Å². The van der Waals surface area contributed by atoms with Gasteiger partial charge in [-0.05, 0) is 18.1 Å². The third-order valence-electron chi connectivity index (χ3n) is 1.86. The molecule has 0 spiro atoms. The molecule has 0 atom stereocenters. The van der Waals surface area contributed by atoms with Crippen LogP contribution in [0.4, 0.5) is 0 Å². The molecule has 0 aliphatic carbocycles. The number of carboxylic acids is 1. The lowest BCUT2D eigenvalue weighted by molar-refractivity contribution is -0.138. The van der Waals surface area contributed by atoms with Crippen LogP contribution in [0.5, 0.6) is 0 Å². The predicted molar refractivity (Wildman–Crippen MR) is 57.0 cm³/mol. The van der Waals surface area contributed by atoms with Crippen LogP contribution in [0.2, 0.25) is 0 Å². The van der Waals surface area contributed by atoms with E-state index < -0.39 is 5.97 Å². The van der Waals surface area contributed by atoms with Gasteiger partial charge >= 0.3 is 5.97 Å². The number of benzene rings is 1. The third kappa shape index (κ3) is 4.26. The van der Waals surface area contributed by atoms with Gasteiger partial charge in [-0.1, -0.05) is 29.4 Å². The van der Waals surface area contributed by atoms with Crippen molar-refractivity contribution in [2.24, 2.45) is 5.16 Å². The van der Waals surface area contributed by atoms with Crippen LogP contribution in [0, 0.1) is 6.92 Å². The number of rotatable bonds is 5. The lowest BCUT2D eigenvalue weighted by Crippen LogP contribution is -1.99. The van der Waals surface area contributed by atoms with Crippen LogP contribution >= 0.6 is 0 Å². The maximum absolute atomic E-state index is 10.2. The highest BCUT2D eigenvalue weighted by molar-refractivity contribution is 5.81. The van der Waals surface area contributed by atoms with E-state index in [1.807, 2.05) is 31.2 Å². The molecular formula is C11H13NO3. The Kier molecular flexibility index (Phi) is 4.34. The Bertz CT molecular complexity index is 361. The second kappa shape index (κ2) is 5.80. The molecule has 0 saturated carbocycles. The van der Waals surface area contributed by atoms with Crippen molar-refractivity contribution in [2.45, 2.75) is 13.3 Å². The average Bonchev–Trinajstić information content (AvgIpc) is 2.20. The number of carbonyl (C=O) groups is 1. The summed E-state index contributed by atoms with van der Waals surface area (Å²) in [6, 6.07) is 7.74. The Morgan fingerprint density at radius 2 is 2.27 bits per heavy atom. The average molecular weight is 207 g/mol. The lowest BCUT2D eigenvalue weighted by atomic mass is 10.1. The van der Waals surface area contributed by atoms with Crippen LogP contribution in [0.3, 0.4) is 0 Å². The van der Waals surface area contributed by atoms with Crippen molar-refractivity contribution in [3.05, 3.63) is 35.4 Å². The third-order valence-corrected chi connectivity index (χ3v) is 1.86. The van der Waals surface area contributed by atoms with Gasteiger partial charge in [0.15, 0.2) is 0 Å². The van der Waals surface area contributed by atoms with Crippen molar-refractivity contribution < 1.29 is 14.7 Å². The number of aryl methyl sites for hydroxylation is 1. The number of hydrogen-bond acceptors (Lipinski definition) is 3. The van der Waals surface area contributed by atoms with Gasteiger partial charge in [0, 0.05) is 0 Å². The first-order valence-corrected chi connectivity index (χ1v) is 4.63. The van der Waals surface area contributed by atoms with E-state index in [1.165, 1.54) is 0 Å². The molecule has 0 unspecified atom stereocenters. The molecule has 80 valence electrons. The quantitative estimate of drug-likeness (QED) is 0.455. The molecule has 1 aromatic rings. The highest BCUT2D eigenvalue weighted by Crippen LogP contribution is 2.03. The lowest BCUT2D eigenvalue weighted by Gasteiger charge is -1.98. The van der Waals surface area contributed by atoms with Crippen LogP contribution in [-0.4, -0.2) is 23.9 Å². The minimum absolute atomic E-state index is 0.0366. The van der Waals surface area contributed by atoms with Crippen molar-refractivity contribution in [2.75, 3.05) is 6.61 Å².